The van der Waals surface area contributed by atoms with E-state index in [1.807, 2.05) is 0 Å². The highest BCUT2D eigenvalue weighted by molar-refractivity contribution is 5.83. The van der Waals surface area contributed by atoms with Crippen molar-refractivity contribution in [3.8, 4) is 0 Å². The summed E-state index contributed by atoms with van der Waals surface area (Å²) in [6.45, 7) is 2.69. The van der Waals surface area contributed by atoms with Crippen LogP contribution in [0.15, 0.2) is 0 Å². The lowest BCUT2D eigenvalue weighted by atomic mass is 9.79. The minimum Gasteiger partial charge on any atom is -0.354 e. The van der Waals surface area contributed by atoms with E-state index in [4.69, 9.17) is 5.73 Å². The highest BCUT2D eigenvalue weighted by Gasteiger charge is 2.31. The summed E-state index contributed by atoms with van der Waals surface area (Å²) in [5, 5.41) is 5.65. The highest BCUT2D eigenvalue weighted by atomic mass is 16.2. The second-order valence-corrected chi connectivity index (χ2v) is 5.36. The maximum Gasteiger partial charge on any atom is 0.223 e. The van der Waals surface area contributed by atoms with E-state index < -0.39 is 0 Å². The lowest BCUT2D eigenvalue weighted by Gasteiger charge is -2.31. The molecule has 0 radical (unpaired) electrons. The number of hydrogen-bond acceptors (Lipinski definition) is 3. The van der Waals surface area contributed by atoms with Gasteiger partial charge in [-0.3, -0.25) is 9.59 Å². The van der Waals surface area contributed by atoms with Crippen LogP contribution in [-0.2, 0) is 9.59 Å². The number of amides is 2. The van der Waals surface area contributed by atoms with Gasteiger partial charge < -0.3 is 16.4 Å². The van der Waals surface area contributed by atoms with Crippen molar-refractivity contribution in [1.29, 1.82) is 0 Å². The highest BCUT2D eigenvalue weighted by Crippen LogP contribution is 2.27. The summed E-state index contributed by atoms with van der Waals surface area (Å²) < 4.78 is 0. The fourth-order valence-corrected chi connectivity index (χ4v) is 2.62. The standard InChI is InChI=1S/C12H21N3O2/c1-7-2-3-8(4-10(7)13)12(17)15-9-5-11(16)14-6-9/h7-10H,2-6,13H2,1H3,(H,14,16)(H,15,17). The maximum atomic E-state index is 12.0. The van der Waals surface area contributed by atoms with Crippen LogP contribution in [0.1, 0.15) is 32.6 Å². The molecule has 5 heteroatoms. The van der Waals surface area contributed by atoms with Crippen molar-refractivity contribution >= 4 is 11.8 Å². The minimum absolute atomic E-state index is 0.0178. The summed E-state index contributed by atoms with van der Waals surface area (Å²) in [6.07, 6.45) is 3.10. The van der Waals surface area contributed by atoms with Gasteiger partial charge in [-0.25, -0.2) is 0 Å². The van der Waals surface area contributed by atoms with E-state index in [1.54, 1.807) is 0 Å². The molecule has 1 saturated carbocycles. The van der Waals surface area contributed by atoms with E-state index in [2.05, 4.69) is 17.6 Å². The fourth-order valence-electron chi connectivity index (χ4n) is 2.62. The van der Waals surface area contributed by atoms with Crippen molar-refractivity contribution in [2.45, 2.75) is 44.7 Å². The van der Waals surface area contributed by atoms with Crippen LogP contribution in [-0.4, -0.2) is 30.4 Å². The number of rotatable bonds is 2. The molecule has 96 valence electrons. The predicted octanol–water partition coefficient (Wildman–Crippen LogP) is -0.245. The van der Waals surface area contributed by atoms with Gasteiger partial charge in [0.1, 0.15) is 0 Å². The molecule has 2 fully saturated rings. The van der Waals surface area contributed by atoms with Crippen LogP contribution in [0.2, 0.25) is 0 Å². The van der Waals surface area contributed by atoms with Gasteiger partial charge in [-0.1, -0.05) is 6.92 Å². The first-order valence-electron chi connectivity index (χ1n) is 6.39. The van der Waals surface area contributed by atoms with Gasteiger partial charge in [0.25, 0.3) is 0 Å². The van der Waals surface area contributed by atoms with Crippen molar-refractivity contribution in [2.24, 2.45) is 17.6 Å². The van der Waals surface area contributed by atoms with Gasteiger partial charge in [-0.05, 0) is 25.2 Å². The lowest BCUT2D eigenvalue weighted by Crippen LogP contribution is -2.45. The van der Waals surface area contributed by atoms with E-state index in [9.17, 15) is 9.59 Å². The lowest BCUT2D eigenvalue weighted by molar-refractivity contribution is -0.127. The fraction of sp³-hybridized carbons (Fsp3) is 0.833. The zero-order valence-corrected chi connectivity index (χ0v) is 10.2. The average molecular weight is 239 g/mol. The Labute approximate surface area is 102 Å². The normalized spacial score (nSPS) is 37.6. The monoisotopic (exact) mass is 239 g/mol. The summed E-state index contributed by atoms with van der Waals surface area (Å²) in [4.78, 5) is 23.0. The summed E-state index contributed by atoms with van der Waals surface area (Å²) >= 11 is 0. The van der Waals surface area contributed by atoms with Crippen molar-refractivity contribution < 1.29 is 9.59 Å². The first-order chi connectivity index (χ1) is 8.06. The van der Waals surface area contributed by atoms with Gasteiger partial charge in [0.15, 0.2) is 0 Å². The van der Waals surface area contributed by atoms with Crippen molar-refractivity contribution in [2.75, 3.05) is 6.54 Å². The van der Waals surface area contributed by atoms with Crippen LogP contribution in [0.3, 0.4) is 0 Å². The number of carbonyl (C=O) groups is 2. The molecule has 0 aromatic carbocycles. The third kappa shape index (κ3) is 2.97. The minimum atomic E-state index is -0.0365. The molecule has 0 bridgehead atoms. The van der Waals surface area contributed by atoms with Crippen LogP contribution in [0.4, 0.5) is 0 Å². The topological polar surface area (TPSA) is 84.2 Å². The quantitative estimate of drug-likeness (QED) is 0.621. The molecule has 2 rings (SSSR count). The molecule has 1 aliphatic carbocycles. The molecule has 17 heavy (non-hydrogen) atoms. The Morgan fingerprint density at radius 1 is 1.47 bits per heavy atom. The second-order valence-electron chi connectivity index (χ2n) is 5.36. The Hall–Kier alpha value is -1.10. The number of hydrogen-bond donors (Lipinski definition) is 3. The van der Waals surface area contributed by atoms with Crippen LogP contribution in [0, 0.1) is 11.8 Å². The smallest absolute Gasteiger partial charge is 0.223 e. The summed E-state index contributed by atoms with van der Waals surface area (Å²) in [5.74, 6) is 0.615. The van der Waals surface area contributed by atoms with E-state index >= 15 is 0 Å². The van der Waals surface area contributed by atoms with Crippen LogP contribution < -0.4 is 16.4 Å². The van der Waals surface area contributed by atoms with Crippen molar-refractivity contribution in [1.82, 2.24) is 10.6 Å². The summed E-state index contributed by atoms with van der Waals surface area (Å²) in [7, 11) is 0. The summed E-state index contributed by atoms with van der Waals surface area (Å²) in [5.41, 5.74) is 5.99. The van der Waals surface area contributed by atoms with Gasteiger partial charge in [-0.15, -0.1) is 0 Å². The molecule has 0 aromatic heterocycles. The number of nitrogens with two attached hydrogens (primary N) is 1. The third-order valence-electron chi connectivity index (χ3n) is 3.95. The maximum absolute atomic E-state index is 12.0. The van der Waals surface area contributed by atoms with Gasteiger partial charge in [-0.2, -0.15) is 0 Å². The Kier molecular flexibility index (Phi) is 3.66. The van der Waals surface area contributed by atoms with E-state index in [-0.39, 0.29) is 29.8 Å². The van der Waals surface area contributed by atoms with Gasteiger partial charge >= 0.3 is 0 Å². The van der Waals surface area contributed by atoms with Crippen LogP contribution in [0.25, 0.3) is 0 Å². The van der Waals surface area contributed by atoms with Gasteiger partial charge in [0, 0.05) is 24.9 Å². The first-order valence-corrected chi connectivity index (χ1v) is 6.39. The van der Waals surface area contributed by atoms with Gasteiger partial charge in [0.05, 0.1) is 6.04 Å². The first kappa shape index (κ1) is 12.4. The Bertz CT molecular complexity index is 319. The molecule has 4 unspecified atom stereocenters. The number of carbonyl (C=O) groups excluding carboxylic acids is 2. The molecule has 1 saturated heterocycles. The second kappa shape index (κ2) is 5.04. The van der Waals surface area contributed by atoms with Gasteiger partial charge in [0.2, 0.25) is 11.8 Å². The Morgan fingerprint density at radius 3 is 2.82 bits per heavy atom. The molecule has 4 atom stereocenters. The van der Waals surface area contributed by atoms with E-state index in [0.29, 0.717) is 18.9 Å². The van der Waals surface area contributed by atoms with Crippen molar-refractivity contribution in [3.63, 3.8) is 0 Å². The molecule has 2 aliphatic rings. The molecular formula is C12H21N3O2. The molecule has 0 spiro atoms. The third-order valence-corrected chi connectivity index (χ3v) is 3.95. The summed E-state index contributed by atoms with van der Waals surface area (Å²) in [6, 6.07) is 0.0911. The van der Waals surface area contributed by atoms with Crippen LogP contribution >= 0.6 is 0 Å². The average Bonchev–Trinajstić information content (AvgIpc) is 2.68. The zero-order valence-electron chi connectivity index (χ0n) is 10.2. The predicted molar refractivity (Wildman–Crippen MR) is 64.0 cm³/mol. The molecule has 2 amide bonds. The Morgan fingerprint density at radius 2 is 2.24 bits per heavy atom. The van der Waals surface area contributed by atoms with E-state index in [1.165, 1.54) is 0 Å². The molecule has 1 aliphatic heterocycles. The van der Waals surface area contributed by atoms with E-state index in [0.717, 1.165) is 19.3 Å². The molecule has 5 nitrogen and oxygen atoms in total. The zero-order chi connectivity index (χ0) is 12.4. The van der Waals surface area contributed by atoms with Crippen molar-refractivity contribution in [3.05, 3.63) is 0 Å². The molecule has 4 N–H and O–H groups in total. The SMILES string of the molecule is CC1CCC(C(=O)NC2CNC(=O)C2)CC1N. The largest absolute Gasteiger partial charge is 0.354 e. The number of nitrogens with one attached hydrogen (secondary N) is 2. The van der Waals surface area contributed by atoms with Crippen LogP contribution in [0.5, 0.6) is 0 Å². The molecule has 0 aromatic rings. The molecule has 1 heterocycles. The Balaban J connectivity index is 1.82. The molecular weight excluding hydrogens is 218 g/mol.